The van der Waals surface area contributed by atoms with E-state index in [0.29, 0.717) is 39.0 Å². The molecule has 0 heterocycles. The monoisotopic (exact) mass is 1520 g/mol. The Morgan fingerprint density at radius 3 is 0.639 bits per heavy atom. The van der Waals surface area contributed by atoms with Crippen molar-refractivity contribution in [1.29, 1.82) is 0 Å². The molecule has 644 valence electrons. The Kier molecular flexibility index (Phi) is 95.8. The lowest BCUT2D eigenvalue weighted by atomic mass is 10.0. The van der Waals surface area contributed by atoms with Gasteiger partial charge in [-0.15, -0.1) is 0 Å². The summed E-state index contributed by atoms with van der Waals surface area (Å²) < 4.78 is 0. The zero-order chi connectivity index (χ0) is 78.7. The molecular weight excluding hydrogens is 1330 g/mol. The van der Waals surface area contributed by atoms with E-state index in [9.17, 15) is 9.59 Å². The second kappa shape index (κ2) is 95.7. The molecule has 2 atom stereocenters. The zero-order valence-corrected chi connectivity index (χ0v) is 73.9. The fourth-order valence-corrected chi connectivity index (χ4v) is 15.3. The second-order valence-corrected chi connectivity index (χ2v) is 33.6. The maximum atomic E-state index is 12.6. The quantitative estimate of drug-likeness (QED) is 0.0227. The molecule has 2 unspecified atom stereocenters. The van der Waals surface area contributed by atoms with E-state index in [1.165, 1.54) is 418 Å². The van der Waals surface area contributed by atoms with Gasteiger partial charge in [0.15, 0.2) is 0 Å². The molecule has 12 nitrogen and oxygen atoms in total. The molecule has 0 radical (unpaired) electrons. The summed E-state index contributed by atoms with van der Waals surface area (Å²) >= 11 is 0. The van der Waals surface area contributed by atoms with E-state index in [1.54, 1.807) is 0 Å². The van der Waals surface area contributed by atoms with E-state index in [0.717, 1.165) is 84.1 Å². The summed E-state index contributed by atoms with van der Waals surface area (Å²) in [5, 5.41) is 6.14. The van der Waals surface area contributed by atoms with Crippen LogP contribution in [0.4, 0.5) is 0 Å². The van der Waals surface area contributed by atoms with Crippen LogP contribution in [0.25, 0.3) is 0 Å². The molecule has 0 saturated heterocycles. The Morgan fingerprint density at radius 1 is 0.231 bits per heavy atom. The van der Waals surface area contributed by atoms with Crippen molar-refractivity contribution >= 4 is 11.8 Å². The lowest BCUT2D eigenvalue weighted by Crippen LogP contribution is -2.42. The molecule has 0 aromatic rings. The number of unbranched alkanes of at least 4 members (excludes halogenated alkanes) is 56. The van der Waals surface area contributed by atoms with Crippen LogP contribution < -0.4 is 39.3 Å². The highest BCUT2D eigenvalue weighted by Crippen LogP contribution is 2.19. The van der Waals surface area contributed by atoms with Gasteiger partial charge < -0.3 is 54.0 Å². The smallest absolute Gasteiger partial charge is 0.236 e. The molecule has 108 heavy (non-hydrogen) atoms. The van der Waals surface area contributed by atoms with Gasteiger partial charge in [0.25, 0.3) is 0 Å². The third-order valence-electron chi connectivity index (χ3n) is 22.8. The van der Waals surface area contributed by atoms with Crippen LogP contribution >= 0.6 is 0 Å². The van der Waals surface area contributed by atoms with Gasteiger partial charge in [-0.2, -0.15) is 0 Å². The number of hydrogen-bond donors (Lipinski definition) is 7. The van der Waals surface area contributed by atoms with Gasteiger partial charge in [0, 0.05) is 13.1 Å². The van der Waals surface area contributed by atoms with Crippen molar-refractivity contribution < 1.29 is 9.59 Å². The highest BCUT2D eigenvalue weighted by molar-refractivity contribution is 5.81. The van der Waals surface area contributed by atoms with Gasteiger partial charge in [-0.25, -0.2) is 0 Å². The van der Waals surface area contributed by atoms with Crippen LogP contribution in [0.3, 0.4) is 0 Å². The number of carbonyl (C=O) groups excluding carboxylic acids is 2. The lowest BCUT2D eigenvalue weighted by Gasteiger charge is -2.26. The van der Waals surface area contributed by atoms with E-state index in [4.69, 9.17) is 28.7 Å². The predicted molar refractivity (Wildman–Crippen MR) is 483 cm³/mol. The standard InChI is InChI=1S/C57H120N8O2.C39H78N2/c1-3-5-7-9-11-13-15-17-19-21-23-25-27-29-31-37-48-64(49-38-32-30-28-26-24-22-20-18-16-14-12-10-8-6-4-2)52-41-53-65(50-39-46-62-56(66)54(60)42-33-35-44-58)51-40-47-63-57(67)55(61)43-34-36-45-59;1-3-5-7-9-11-13-15-17-19-21-23-25-27-29-31-33-37-41(39-35-36-40)38-34-32-30-28-26-24-22-20-18-16-14-12-10-8-6-4-2/h54-55H,3-53,58-61H2,1-2H3,(H,62,66)(H,63,67);17,19-20,22H,3-16,18,21,23-40H2,1-2H3/b;19-17-,22-20-. The molecule has 0 saturated carbocycles. The molecule has 0 aromatic heterocycles. The zero-order valence-electron chi connectivity index (χ0n) is 73.9. The normalized spacial score (nSPS) is 12.4. The molecule has 0 rings (SSSR count). The third kappa shape index (κ3) is 88.1. The first kappa shape index (κ1) is 108. The maximum absolute atomic E-state index is 12.6. The second-order valence-electron chi connectivity index (χ2n) is 33.6. The van der Waals surface area contributed by atoms with Gasteiger partial charge in [0.2, 0.25) is 11.8 Å². The first-order chi connectivity index (χ1) is 53.2. The fourth-order valence-electron chi connectivity index (χ4n) is 15.3. The summed E-state index contributed by atoms with van der Waals surface area (Å²) in [6.45, 7) is 22.7. The Balaban J connectivity index is 0. The molecule has 0 bridgehead atoms. The number of allylic oxidation sites excluding steroid dienone is 4. The van der Waals surface area contributed by atoms with Crippen LogP contribution in [0, 0.1) is 0 Å². The molecule has 0 spiro atoms. The fraction of sp³-hybridized carbons (Fsp3) is 0.938. The van der Waals surface area contributed by atoms with Gasteiger partial charge in [0.1, 0.15) is 0 Å². The first-order valence-corrected chi connectivity index (χ1v) is 48.9. The molecule has 0 aliphatic rings. The SMILES string of the molecule is CCCCCCCC/C=C\CCCCCCCCN(CCCN)CCCCCCC/C=C\CCCCCCCCC.CCCCCCCCCCCCCCCCCCN(CCCCCCCCCCCCCCCCCC)CCCN(CCCNC(=O)C(N)CCCCN)CCCNC(=O)C(N)CCCCN. The van der Waals surface area contributed by atoms with Crippen LogP contribution in [0.2, 0.25) is 0 Å². The van der Waals surface area contributed by atoms with Crippen molar-refractivity contribution in [3.05, 3.63) is 24.3 Å². The van der Waals surface area contributed by atoms with E-state index in [2.05, 4.69) is 77.3 Å². The van der Waals surface area contributed by atoms with Crippen LogP contribution in [0.15, 0.2) is 24.3 Å². The minimum absolute atomic E-state index is 0.0621. The van der Waals surface area contributed by atoms with Crippen molar-refractivity contribution in [2.45, 2.75) is 489 Å². The minimum atomic E-state index is -0.470. The number of rotatable bonds is 91. The summed E-state index contributed by atoms with van der Waals surface area (Å²) in [5.74, 6) is -0.124. The van der Waals surface area contributed by atoms with Crippen LogP contribution in [-0.4, -0.2) is 130 Å². The van der Waals surface area contributed by atoms with Crippen LogP contribution in [0.1, 0.15) is 477 Å². The van der Waals surface area contributed by atoms with Gasteiger partial charge in [-0.05, 0) is 207 Å². The summed E-state index contributed by atoms with van der Waals surface area (Å²) in [4.78, 5) is 33.2. The Hall–Kier alpha value is -1.90. The maximum Gasteiger partial charge on any atom is 0.236 e. The lowest BCUT2D eigenvalue weighted by molar-refractivity contribution is -0.123. The third-order valence-corrected chi connectivity index (χ3v) is 22.8. The first-order valence-electron chi connectivity index (χ1n) is 48.9. The van der Waals surface area contributed by atoms with E-state index >= 15 is 0 Å². The van der Waals surface area contributed by atoms with Crippen LogP contribution in [0.5, 0.6) is 0 Å². The topological polar surface area (TPSA) is 198 Å². The van der Waals surface area contributed by atoms with Crippen molar-refractivity contribution in [2.24, 2.45) is 28.7 Å². The Labute approximate surface area is 676 Å². The molecule has 0 aliphatic carbocycles. The molecule has 0 aliphatic heterocycles. The molecule has 2 amide bonds. The van der Waals surface area contributed by atoms with E-state index < -0.39 is 12.1 Å². The highest BCUT2D eigenvalue weighted by Gasteiger charge is 2.16. The predicted octanol–water partition coefficient (Wildman–Crippen LogP) is 25.1. The molecule has 0 aromatic carbocycles. The molecule has 12 heteroatoms. The number of nitrogens with two attached hydrogens (primary N) is 5. The number of nitrogens with zero attached hydrogens (tertiary/aromatic N) is 3. The van der Waals surface area contributed by atoms with Gasteiger partial charge in [-0.3, -0.25) is 9.59 Å². The van der Waals surface area contributed by atoms with Crippen molar-refractivity contribution in [3.63, 3.8) is 0 Å². The largest absolute Gasteiger partial charge is 0.355 e. The number of hydrogen-bond acceptors (Lipinski definition) is 10. The van der Waals surface area contributed by atoms with Crippen molar-refractivity contribution in [3.8, 4) is 0 Å². The number of carbonyl (C=O) groups is 2. The van der Waals surface area contributed by atoms with Gasteiger partial charge >= 0.3 is 0 Å². The summed E-state index contributed by atoms with van der Waals surface area (Å²) in [6.07, 6.45) is 103. The van der Waals surface area contributed by atoms with E-state index in [-0.39, 0.29) is 11.8 Å². The minimum Gasteiger partial charge on any atom is -0.355 e. The molecular formula is C96H198N10O2. The number of amides is 2. The molecule has 12 N–H and O–H groups in total. The Bertz CT molecular complexity index is 1680. The van der Waals surface area contributed by atoms with Gasteiger partial charge in [-0.1, -0.05) is 373 Å². The molecule has 0 fully saturated rings. The average molecular weight is 1520 g/mol. The summed E-state index contributed by atoms with van der Waals surface area (Å²) in [7, 11) is 0. The van der Waals surface area contributed by atoms with Crippen LogP contribution in [-0.2, 0) is 9.59 Å². The van der Waals surface area contributed by atoms with E-state index in [1.807, 2.05) is 0 Å². The van der Waals surface area contributed by atoms with Gasteiger partial charge in [0.05, 0.1) is 12.1 Å². The number of nitrogens with one attached hydrogen (secondary N) is 2. The Morgan fingerprint density at radius 2 is 0.417 bits per heavy atom. The van der Waals surface area contributed by atoms with Crippen molar-refractivity contribution in [1.82, 2.24) is 25.3 Å². The summed E-state index contributed by atoms with van der Waals surface area (Å²) in [6, 6.07) is -0.940. The highest BCUT2D eigenvalue weighted by atomic mass is 16.2. The van der Waals surface area contributed by atoms with Crippen molar-refractivity contribution in [2.75, 3.05) is 91.6 Å². The summed E-state index contributed by atoms with van der Waals surface area (Å²) in [5.41, 5.74) is 29.4. The average Bonchev–Trinajstić information content (AvgIpc) is 0.983.